The summed E-state index contributed by atoms with van der Waals surface area (Å²) in [5.41, 5.74) is 1.21. The lowest BCUT2D eigenvalue weighted by atomic mass is 10.2. The number of carbonyl (C=O) groups excluding carboxylic acids is 3. The number of hydrogen-bond acceptors (Lipinski definition) is 6. The zero-order valence-electron chi connectivity index (χ0n) is 18.4. The number of nitrogens with zero attached hydrogens (tertiary/aromatic N) is 1. The molecule has 4 rings (SSSR count). The van der Waals surface area contributed by atoms with Crippen molar-refractivity contribution in [1.82, 2.24) is 10.2 Å². The second-order valence-electron chi connectivity index (χ2n) is 7.31. The lowest BCUT2D eigenvalue weighted by Crippen LogP contribution is -2.37. The molecule has 0 bridgehead atoms. The number of thioether (sulfide) groups is 1. The molecule has 0 atom stereocenters. The number of methoxy groups -OCH3 is 1. The molecule has 1 N–H and O–H groups in total. The Balaban J connectivity index is 1.32. The van der Waals surface area contributed by atoms with Crippen LogP contribution in [-0.4, -0.2) is 42.2 Å². The molecule has 172 valence electrons. The van der Waals surface area contributed by atoms with Crippen molar-refractivity contribution in [2.75, 3.05) is 20.2 Å². The quantitative estimate of drug-likeness (QED) is 0.465. The van der Waals surface area contributed by atoms with Gasteiger partial charge in [-0.3, -0.25) is 19.3 Å². The summed E-state index contributed by atoms with van der Waals surface area (Å²) in [5, 5.41) is 2.39. The van der Waals surface area contributed by atoms with Gasteiger partial charge in [0.25, 0.3) is 17.1 Å². The lowest BCUT2D eigenvalue weighted by Gasteiger charge is -2.13. The molecule has 1 fully saturated rings. The Morgan fingerprint density at radius 3 is 2.41 bits per heavy atom. The molecule has 7 nitrogen and oxygen atoms in total. The van der Waals surface area contributed by atoms with Gasteiger partial charge in [0.05, 0.1) is 12.0 Å². The summed E-state index contributed by atoms with van der Waals surface area (Å²) < 4.78 is 10.9. The van der Waals surface area contributed by atoms with Crippen molar-refractivity contribution in [1.29, 1.82) is 0 Å². The Morgan fingerprint density at radius 1 is 0.941 bits per heavy atom. The van der Waals surface area contributed by atoms with Crippen LogP contribution in [0.2, 0.25) is 0 Å². The van der Waals surface area contributed by atoms with E-state index in [0.29, 0.717) is 27.7 Å². The lowest BCUT2D eigenvalue weighted by molar-refractivity contribution is -0.122. The number of amides is 3. The summed E-state index contributed by atoms with van der Waals surface area (Å²) in [4.78, 5) is 39.0. The van der Waals surface area contributed by atoms with E-state index in [9.17, 15) is 14.4 Å². The molecule has 1 aliphatic rings. The highest BCUT2D eigenvalue weighted by atomic mass is 32.2. The van der Waals surface area contributed by atoms with Crippen LogP contribution in [0.5, 0.6) is 17.2 Å². The predicted octanol–water partition coefficient (Wildman–Crippen LogP) is 4.95. The van der Waals surface area contributed by atoms with Crippen molar-refractivity contribution < 1.29 is 23.9 Å². The van der Waals surface area contributed by atoms with Crippen molar-refractivity contribution in [3.8, 4) is 17.2 Å². The largest absolute Gasteiger partial charge is 0.497 e. The van der Waals surface area contributed by atoms with Crippen molar-refractivity contribution in [3.63, 3.8) is 0 Å². The number of carbonyl (C=O) groups is 3. The van der Waals surface area contributed by atoms with Gasteiger partial charge in [-0.15, -0.1) is 0 Å². The molecule has 8 heteroatoms. The van der Waals surface area contributed by atoms with Gasteiger partial charge >= 0.3 is 0 Å². The number of hydrogen-bond donors (Lipinski definition) is 1. The number of imide groups is 1. The molecule has 3 aromatic rings. The summed E-state index contributed by atoms with van der Waals surface area (Å²) in [6.45, 7) is 0.215. The zero-order valence-corrected chi connectivity index (χ0v) is 19.2. The average Bonchev–Trinajstić information content (AvgIpc) is 3.12. The minimum Gasteiger partial charge on any atom is -0.497 e. The third-order valence-electron chi connectivity index (χ3n) is 4.98. The summed E-state index contributed by atoms with van der Waals surface area (Å²) in [7, 11) is 1.58. The van der Waals surface area contributed by atoms with Gasteiger partial charge in [-0.2, -0.15) is 0 Å². The van der Waals surface area contributed by atoms with Crippen LogP contribution in [0, 0.1) is 0 Å². The van der Waals surface area contributed by atoms with Gasteiger partial charge in [0.1, 0.15) is 17.2 Å². The second kappa shape index (κ2) is 10.7. The van der Waals surface area contributed by atoms with E-state index >= 15 is 0 Å². The maximum atomic E-state index is 12.7. The number of benzene rings is 3. The van der Waals surface area contributed by atoms with Crippen LogP contribution >= 0.6 is 11.8 Å². The van der Waals surface area contributed by atoms with Crippen LogP contribution in [0.3, 0.4) is 0 Å². The summed E-state index contributed by atoms with van der Waals surface area (Å²) >= 11 is 0.883. The van der Waals surface area contributed by atoms with Gasteiger partial charge in [0, 0.05) is 18.7 Å². The molecule has 1 aliphatic heterocycles. The van der Waals surface area contributed by atoms with E-state index in [-0.39, 0.29) is 30.1 Å². The molecule has 0 spiro atoms. The van der Waals surface area contributed by atoms with Gasteiger partial charge in [-0.05, 0) is 65.9 Å². The van der Waals surface area contributed by atoms with E-state index in [1.807, 2.05) is 42.5 Å². The summed E-state index contributed by atoms with van der Waals surface area (Å²) in [6, 6.07) is 23.3. The summed E-state index contributed by atoms with van der Waals surface area (Å²) in [6.07, 6.45) is 1.67. The second-order valence-corrected chi connectivity index (χ2v) is 8.30. The molecule has 34 heavy (non-hydrogen) atoms. The number of ether oxygens (including phenoxy) is 2. The Hall–Kier alpha value is -4.04. The highest BCUT2D eigenvalue weighted by molar-refractivity contribution is 8.18. The Bertz CT molecular complexity index is 1230. The molecule has 0 aromatic heterocycles. The standard InChI is InChI=1S/C26H22N2O5S/c1-32-20-12-10-18(11-13-20)16-23-25(30)28(26(31)34-23)15-14-27-24(29)19-6-5-9-22(17-19)33-21-7-3-2-4-8-21/h2-13,16-17H,14-15H2,1H3,(H,27,29). The highest BCUT2D eigenvalue weighted by Gasteiger charge is 2.34. The van der Waals surface area contributed by atoms with E-state index in [1.165, 1.54) is 0 Å². The van der Waals surface area contributed by atoms with Crippen molar-refractivity contribution in [2.45, 2.75) is 0 Å². The van der Waals surface area contributed by atoms with Crippen LogP contribution in [0.15, 0.2) is 83.8 Å². The van der Waals surface area contributed by atoms with Crippen molar-refractivity contribution >= 4 is 34.9 Å². The topological polar surface area (TPSA) is 84.9 Å². The van der Waals surface area contributed by atoms with E-state index in [1.54, 1.807) is 49.6 Å². The van der Waals surface area contributed by atoms with E-state index in [0.717, 1.165) is 22.2 Å². The average molecular weight is 475 g/mol. The van der Waals surface area contributed by atoms with Crippen LogP contribution in [0.4, 0.5) is 4.79 Å². The minimum atomic E-state index is -0.377. The normalized spacial score (nSPS) is 14.4. The predicted molar refractivity (Wildman–Crippen MR) is 131 cm³/mol. The first kappa shape index (κ1) is 23.1. The Labute approximate surface area is 201 Å². The first-order valence-corrected chi connectivity index (χ1v) is 11.4. The molecule has 0 radical (unpaired) electrons. The molecule has 0 unspecified atom stereocenters. The van der Waals surface area contributed by atoms with E-state index in [2.05, 4.69) is 5.32 Å². The first-order chi connectivity index (χ1) is 16.5. The molecule has 0 aliphatic carbocycles. The van der Waals surface area contributed by atoms with E-state index < -0.39 is 0 Å². The Kier molecular flexibility index (Phi) is 7.29. The zero-order chi connectivity index (χ0) is 23.9. The van der Waals surface area contributed by atoms with Gasteiger partial charge in [-0.25, -0.2) is 0 Å². The van der Waals surface area contributed by atoms with Gasteiger partial charge in [0.2, 0.25) is 0 Å². The molecule has 3 amide bonds. The highest BCUT2D eigenvalue weighted by Crippen LogP contribution is 2.32. The maximum Gasteiger partial charge on any atom is 0.293 e. The Morgan fingerprint density at radius 2 is 1.68 bits per heavy atom. The molecule has 1 saturated heterocycles. The fourth-order valence-corrected chi connectivity index (χ4v) is 4.12. The third-order valence-corrected chi connectivity index (χ3v) is 5.89. The van der Waals surface area contributed by atoms with Crippen LogP contribution < -0.4 is 14.8 Å². The van der Waals surface area contributed by atoms with Crippen LogP contribution in [0.25, 0.3) is 6.08 Å². The van der Waals surface area contributed by atoms with Gasteiger partial charge in [-0.1, -0.05) is 36.4 Å². The number of para-hydroxylation sites is 1. The monoisotopic (exact) mass is 474 g/mol. The van der Waals surface area contributed by atoms with Crippen molar-refractivity contribution in [3.05, 3.63) is 94.9 Å². The molecular formula is C26H22N2O5S. The molecule has 0 saturated carbocycles. The first-order valence-electron chi connectivity index (χ1n) is 10.5. The van der Waals surface area contributed by atoms with Gasteiger partial charge < -0.3 is 14.8 Å². The van der Waals surface area contributed by atoms with E-state index in [4.69, 9.17) is 9.47 Å². The van der Waals surface area contributed by atoms with Gasteiger partial charge in [0.15, 0.2) is 0 Å². The number of rotatable bonds is 8. The third kappa shape index (κ3) is 5.65. The minimum absolute atomic E-state index is 0.0799. The van der Waals surface area contributed by atoms with Crippen LogP contribution in [-0.2, 0) is 4.79 Å². The van der Waals surface area contributed by atoms with Crippen LogP contribution in [0.1, 0.15) is 15.9 Å². The smallest absolute Gasteiger partial charge is 0.293 e. The van der Waals surface area contributed by atoms with Crippen molar-refractivity contribution in [2.24, 2.45) is 0 Å². The summed E-state index contributed by atoms with van der Waals surface area (Å²) in [5.74, 6) is 1.21. The molecule has 1 heterocycles. The number of nitrogens with one attached hydrogen (secondary N) is 1. The maximum absolute atomic E-state index is 12.7. The molecular weight excluding hydrogens is 452 g/mol. The fraction of sp³-hybridized carbons (Fsp3) is 0.115. The molecule has 3 aromatic carbocycles. The SMILES string of the molecule is COc1ccc(C=C2SC(=O)N(CCNC(=O)c3cccc(Oc4ccccc4)c3)C2=O)cc1. The fourth-order valence-electron chi connectivity index (χ4n) is 3.25.